The average molecular weight is 489 g/mol. The number of ether oxygens (including phenoxy) is 2. The van der Waals surface area contributed by atoms with E-state index in [9.17, 15) is 0 Å². The lowest BCUT2D eigenvalue weighted by Crippen LogP contribution is -2.47. The lowest BCUT2D eigenvalue weighted by molar-refractivity contribution is 0.00990. The summed E-state index contributed by atoms with van der Waals surface area (Å²) >= 11 is 0. The highest BCUT2D eigenvalue weighted by atomic mass is 127. The lowest BCUT2D eigenvalue weighted by atomic mass is 10.1. The molecule has 0 aromatic heterocycles. The number of methoxy groups -OCH3 is 1. The van der Waals surface area contributed by atoms with Gasteiger partial charge >= 0.3 is 0 Å². The van der Waals surface area contributed by atoms with Gasteiger partial charge in [-0.2, -0.15) is 0 Å². The molecule has 1 aromatic carbocycles. The molecule has 1 N–H and O–H groups in total. The number of aryl methyl sites for hydroxylation is 1. The second kappa shape index (κ2) is 14.2. The fraction of sp³-hybridized carbons (Fsp3) is 0.667. The molecular weight excluding hydrogens is 453 g/mol. The molecule has 1 saturated heterocycles. The van der Waals surface area contributed by atoms with Gasteiger partial charge in [-0.3, -0.25) is 0 Å². The molecule has 0 amide bonds. The van der Waals surface area contributed by atoms with Crippen LogP contribution in [0.15, 0.2) is 29.3 Å². The van der Waals surface area contributed by atoms with Crippen LogP contribution in [-0.4, -0.2) is 56.9 Å². The van der Waals surface area contributed by atoms with E-state index in [1.54, 1.807) is 7.11 Å². The summed E-state index contributed by atoms with van der Waals surface area (Å²) in [6.07, 6.45) is 4.50. The number of benzene rings is 1. The molecule has 1 aromatic rings. The number of nitrogens with zero attached hydrogens (tertiary/aromatic N) is 2. The van der Waals surface area contributed by atoms with Crippen molar-refractivity contribution in [3.05, 3.63) is 35.4 Å². The lowest BCUT2D eigenvalue weighted by Gasteiger charge is -2.34. The molecule has 6 heteroatoms. The zero-order valence-corrected chi connectivity index (χ0v) is 19.4. The van der Waals surface area contributed by atoms with Crippen molar-refractivity contribution in [2.75, 3.05) is 40.0 Å². The van der Waals surface area contributed by atoms with Crippen LogP contribution in [0.1, 0.15) is 44.2 Å². The van der Waals surface area contributed by atoms with Gasteiger partial charge in [0, 0.05) is 40.0 Å². The number of nitrogens with one attached hydrogen (secondary N) is 1. The minimum atomic E-state index is 0. The first-order chi connectivity index (χ1) is 12.8. The predicted molar refractivity (Wildman–Crippen MR) is 123 cm³/mol. The van der Waals surface area contributed by atoms with E-state index in [-0.39, 0.29) is 24.0 Å². The van der Waals surface area contributed by atoms with Crippen LogP contribution in [-0.2, 0) is 22.4 Å². The number of rotatable bonds is 9. The normalized spacial score (nSPS) is 15.5. The average Bonchev–Trinajstić information content (AvgIpc) is 2.69. The number of aliphatic imine (C=N–C) groups is 1. The Morgan fingerprint density at radius 1 is 1.15 bits per heavy atom. The minimum absolute atomic E-state index is 0. The first-order valence-corrected chi connectivity index (χ1v) is 9.99. The van der Waals surface area contributed by atoms with Gasteiger partial charge in [0.25, 0.3) is 0 Å². The van der Waals surface area contributed by atoms with Crippen molar-refractivity contribution in [1.29, 1.82) is 0 Å². The van der Waals surface area contributed by atoms with Gasteiger partial charge in [0.1, 0.15) is 0 Å². The van der Waals surface area contributed by atoms with Crippen molar-refractivity contribution in [2.45, 2.75) is 52.2 Å². The van der Waals surface area contributed by atoms with Crippen LogP contribution in [0.2, 0.25) is 0 Å². The molecule has 1 aliphatic rings. The molecule has 1 heterocycles. The summed E-state index contributed by atoms with van der Waals surface area (Å²) in [6.45, 7) is 9.51. The molecule has 154 valence electrons. The van der Waals surface area contributed by atoms with Crippen molar-refractivity contribution in [2.24, 2.45) is 4.99 Å². The predicted octanol–water partition coefficient (Wildman–Crippen LogP) is 3.85. The highest BCUT2D eigenvalue weighted by molar-refractivity contribution is 14.0. The summed E-state index contributed by atoms with van der Waals surface area (Å²) in [5, 5.41) is 3.45. The van der Waals surface area contributed by atoms with Crippen molar-refractivity contribution < 1.29 is 9.47 Å². The Hall–Kier alpha value is -0.860. The van der Waals surface area contributed by atoms with Crippen LogP contribution < -0.4 is 5.32 Å². The van der Waals surface area contributed by atoms with Crippen LogP contribution >= 0.6 is 24.0 Å². The van der Waals surface area contributed by atoms with Crippen LogP contribution in [0, 0.1) is 0 Å². The van der Waals surface area contributed by atoms with Crippen LogP contribution in [0.5, 0.6) is 0 Å². The van der Waals surface area contributed by atoms with Gasteiger partial charge in [0.15, 0.2) is 5.96 Å². The molecule has 27 heavy (non-hydrogen) atoms. The second-order valence-electron chi connectivity index (χ2n) is 6.70. The Morgan fingerprint density at radius 2 is 1.85 bits per heavy atom. The van der Waals surface area contributed by atoms with Crippen molar-refractivity contribution in [3.63, 3.8) is 0 Å². The van der Waals surface area contributed by atoms with Crippen molar-refractivity contribution in [1.82, 2.24) is 10.2 Å². The Bertz CT molecular complexity index is 546. The van der Waals surface area contributed by atoms with Gasteiger partial charge in [0.05, 0.1) is 12.6 Å². The number of guanidine groups is 1. The second-order valence-corrected chi connectivity index (χ2v) is 6.70. The maximum Gasteiger partial charge on any atom is 0.194 e. The minimum Gasteiger partial charge on any atom is -0.385 e. The smallest absolute Gasteiger partial charge is 0.194 e. The van der Waals surface area contributed by atoms with E-state index in [4.69, 9.17) is 14.5 Å². The quantitative estimate of drug-likeness (QED) is 0.248. The van der Waals surface area contributed by atoms with Gasteiger partial charge in [-0.1, -0.05) is 31.2 Å². The van der Waals surface area contributed by atoms with Crippen LogP contribution in [0.4, 0.5) is 0 Å². The number of likely N-dealkylation sites (tertiary alicyclic amines) is 1. The molecule has 0 bridgehead atoms. The number of hydrogen-bond donors (Lipinski definition) is 1. The maximum atomic E-state index is 5.97. The summed E-state index contributed by atoms with van der Waals surface area (Å²) < 4.78 is 11.0. The molecule has 5 nitrogen and oxygen atoms in total. The van der Waals surface area contributed by atoms with Gasteiger partial charge in [-0.15, -0.1) is 24.0 Å². The SMILES string of the molecule is CCNC(=NCc1ccccc1CC)N1CCC(OCCCOC)CC1.I. The Kier molecular flexibility index (Phi) is 12.7. The molecular formula is C21H36IN3O2. The Balaban J connectivity index is 0.00000364. The fourth-order valence-electron chi connectivity index (χ4n) is 3.33. The molecule has 0 aliphatic carbocycles. The highest BCUT2D eigenvalue weighted by Crippen LogP contribution is 2.15. The van der Waals surface area contributed by atoms with Crippen molar-refractivity contribution in [3.8, 4) is 0 Å². The van der Waals surface area contributed by atoms with E-state index in [1.165, 1.54) is 11.1 Å². The molecule has 0 radical (unpaired) electrons. The number of halogens is 1. The third-order valence-corrected chi connectivity index (χ3v) is 4.82. The third kappa shape index (κ3) is 8.35. The zero-order chi connectivity index (χ0) is 18.6. The number of hydrogen-bond acceptors (Lipinski definition) is 3. The van der Waals surface area contributed by atoms with Crippen LogP contribution in [0.3, 0.4) is 0 Å². The van der Waals surface area contributed by atoms with E-state index in [2.05, 4.69) is 48.3 Å². The van der Waals surface area contributed by atoms with E-state index >= 15 is 0 Å². The summed E-state index contributed by atoms with van der Waals surface area (Å²) in [6, 6.07) is 8.59. The molecule has 2 rings (SSSR count). The molecule has 0 atom stereocenters. The van der Waals surface area contributed by atoms with Gasteiger partial charge < -0.3 is 19.7 Å². The van der Waals surface area contributed by atoms with E-state index in [0.29, 0.717) is 6.10 Å². The molecule has 0 saturated carbocycles. The topological polar surface area (TPSA) is 46.1 Å². The molecule has 0 unspecified atom stereocenters. The third-order valence-electron chi connectivity index (χ3n) is 4.82. The van der Waals surface area contributed by atoms with Gasteiger partial charge in [-0.25, -0.2) is 4.99 Å². The summed E-state index contributed by atoms with van der Waals surface area (Å²) in [5.41, 5.74) is 2.71. The zero-order valence-electron chi connectivity index (χ0n) is 17.1. The summed E-state index contributed by atoms with van der Waals surface area (Å²) in [4.78, 5) is 7.27. The summed E-state index contributed by atoms with van der Waals surface area (Å²) in [5.74, 6) is 1.02. The largest absolute Gasteiger partial charge is 0.385 e. The molecule has 0 spiro atoms. The van der Waals surface area contributed by atoms with Gasteiger partial charge in [-0.05, 0) is 43.7 Å². The van der Waals surface area contributed by atoms with Gasteiger partial charge in [0.2, 0.25) is 0 Å². The summed E-state index contributed by atoms with van der Waals surface area (Å²) in [7, 11) is 1.74. The number of piperidine rings is 1. The van der Waals surface area contributed by atoms with E-state index in [0.717, 1.165) is 71.0 Å². The van der Waals surface area contributed by atoms with Crippen molar-refractivity contribution >= 4 is 29.9 Å². The first kappa shape index (κ1) is 24.2. The van der Waals surface area contributed by atoms with E-state index in [1.807, 2.05) is 0 Å². The van der Waals surface area contributed by atoms with Crippen LogP contribution in [0.25, 0.3) is 0 Å². The molecule has 1 aliphatic heterocycles. The fourth-order valence-corrected chi connectivity index (χ4v) is 3.33. The highest BCUT2D eigenvalue weighted by Gasteiger charge is 2.21. The first-order valence-electron chi connectivity index (χ1n) is 9.99. The molecule has 1 fully saturated rings. The van der Waals surface area contributed by atoms with E-state index < -0.39 is 0 Å². The monoisotopic (exact) mass is 489 g/mol. The Labute approximate surface area is 181 Å². The Morgan fingerprint density at radius 3 is 2.48 bits per heavy atom. The standard InChI is InChI=1S/C21H35N3O2.HI/c1-4-18-9-6-7-10-19(18)17-23-21(22-5-2)24-13-11-20(12-14-24)26-16-8-15-25-3;/h6-7,9-10,20H,4-5,8,11-17H2,1-3H3,(H,22,23);1H. The maximum absolute atomic E-state index is 5.97.